The van der Waals surface area contributed by atoms with E-state index in [1.54, 1.807) is 0 Å². The maximum atomic E-state index is 10.0. The summed E-state index contributed by atoms with van der Waals surface area (Å²) in [6.07, 6.45) is 0.863. The van der Waals surface area contributed by atoms with Crippen molar-refractivity contribution in [3.8, 4) is 0 Å². The zero-order valence-corrected chi connectivity index (χ0v) is 13.2. The molecule has 1 aliphatic heterocycles. The molecule has 0 spiro atoms. The van der Waals surface area contributed by atoms with Crippen molar-refractivity contribution < 1.29 is 5.11 Å². The molecule has 0 bridgehead atoms. The second-order valence-corrected chi connectivity index (χ2v) is 5.92. The Morgan fingerprint density at radius 3 is 2.43 bits per heavy atom. The zero-order valence-electron chi connectivity index (χ0n) is 13.2. The largest absolute Gasteiger partial charge is 0.390 e. The van der Waals surface area contributed by atoms with E-state index in [0.717, 1.165) is 52.2 Å². The molecule has 1 heterocycles. The van der Waals surface area contributed by atoms with Crippen LogP contribution in [0.3, 0.4) is 0 Å². The minimum Gasteiger partial charge on any atom is -0.390 e. The molecule has 4 nitrogen and oxygen atoms in total. The van der Waals surface area contributed by atoms with Gasteiger partial charge in [0.15, 0.2) is 0 Å². The molecule has 0 amide bonds. The highest BCUT2D eigenvalue weighted by Gasteiger charge is 2.18. The summed E-state index contributed by atoms with van der Waals surface area (Å²) in [6, 6.07) is 10.6. The average Bonchev–Trinajstić information content (AvgIpc) is 2.51. The van der Waals surface area contributed by atoms with Gasteiger partial charge in [-0.15, -0.1) is 0 Å². The molecule has 1 aromatic rings. The molecule has 21 heavy (non-hydrogen) atoms. The van der Waals surface area contributed by atoms with Crippen molar-refractivity contribution in [2.75, 3.05) is 45.8 Å². The van der Waals surface area contributed by atoms with Crippen LogP contribution in [0.4, 0.5) is 0 Å². The number of hydrogen-bond acceptors (Lipinski definition) is 4. The van der Waals surface area contributed by atoms with Gasteiger partial charge in [0.1, 0.15) is 0 Å². The van der Waals surface area contributed by atoms with E-state index in [4.69, 9.17) is 0 Å². The van der Waals surface area contributed by atoms with E-state index in [9.17, 15) is 5.11 Å². The number of aliphatic hydroxyl groups is 1. The van der Waals surface area contributed by atoms with Gasteiger partial charge in [0.2, 0.25) is 0 Å². The van der Waals surface area contributed by atoms with Gasteiger partial charge in [-0.1, -0.05) is 37.3 Å². The lowest BCUT2D eigenvalue weighted by atomic mass is 10.2. The van der Waals surface area contributed by atoms with E-state index >= 15 is 0 Å². The third-order valence-corrected chi connectivity index (χ3v) is 3.99. The highest BCUT2D eigenvalue weighted by Crippen LogP contribution is 2.08. The highest BCUT2D eigenvalue weighted by atomic mass is 16.3. The molecule has 0 aliphatic carbocycles. The summed E-state index contributed by atoms with van der Waals surface area (Å²) in [7, 11) is 0. The maximum Gasteiger partial charge on any atom is 0.0791 e. The molecule has 0 saturated carbocycles. The Morgan fingerprint density at radius 1 is 1.10 bits per heavy atom. The Morgan fingerprint density at radius 2 is 1.76 bits per heavy atom. The predicted molar refractivity (Wildman–Crippen MR) is 87.3 cm³/mol. The lowest BCUT2D eigenvalue weighted by molar-refractivity contribution is 0.0702. The number of nitrogens with one attached hydrogen (secondary N) is 1. The lowest BCUT2D eigenvalue weighted by Crippen LogP contribution is -2.49. The van der Waals surface area contributed by atoms with Gasteiger partial charge in [0.25, 0.3) is 0 Å². The monoisotopic (exact) mass is 291 g/mol. The molecule has 1 fully saturated rings. The standard InChI is InChI=1S/C17H29N3O/c1-2-8-18-13-17(21)15-20-11-9-19(10-12-20)14-16-6-4-3-5-7-16/h3-7,17-18,21H,2,8-15H2,1H3. The van der Waals surface area contributed by atoms with Crippen LogP contribution >= 0.6 is 0 Å². The van der Waals surface area contributed by atoms with Crippen molar-refractivity contribution in [2.24, 2.45) is 0 Å². The van der Waals surface area contributed by atoms with E-state index < -0.39 is 0 Å². The van der Waals surface area contributed by atoms with Crippen LogP contribution in [-0.2, 0) is 6.54 Å². The minimum absolute atomic E-state index is 0.253. The van der Waals surface area contributed by atoms with Gasteiger partial charge in [-0.2, -0.15) is 0 Å². The summed E-state index contributed by atoms with van der Waals surface area (Å²) in [5.74, 6) is 0. The summed E-state index contributed by atoms with van der Waals surface area (Å²) < 4.78 is 0. The molecule has 2 rings (SSSR count). The van der Waals surface area contributed by atoms with Crippen LogP contribution in [0.15, 0.2) is 30.3 Å². The Kier molecular flexibility index (Phi) is 7.16. The first-order valence-electron chi connectivity index (χ1n) is 8.15. The second kappa shape index (κ2) is 9.15. The van der Waals surface area contributed by atoms with E-state index in [0.29, 0.717) is 6.54 Å². The maximum absolute atomic E-state index is 10.0. The van der Waals surface area contributed by atoms with Crippen LogP contribution in [0.1, 0.15) is 18.9 Å². The van der Waals surface area contributed by atoms with Gasteiger partial charge < -0.3 is 10.4 Å². The van der Waals surface area contributed by atoms with E-state index in [1.807, 2.05) is 0 Å². The number of hydrogen-bond donors (Lipinski definition) is 2. The third-order valence-electron chi connectivity index (χ3n) is 3.99. The molecule has 1 unspecified atom stereocenters. The van der Waals surface area contributed by atoms with Crippen molar-refractivity contribution in [3.05, 3.63) is 35.9 Å². The van der Waals surface area contributed by atoms with Crippen LogP contribution in [0, 0.1) is 0 Å². The van der Waals surface area contributed by atoms with Crippen molar-refractivity contribution in [2.45, 2.75) is 26.0 Å². The number of β-amino-alcohol motifs (C(OH)–C–C–N with tert-alkyl or cyclic N) is 1. The number of aliphatic hydroxyl groups excluding tert-OH is 1. The van der Waals surface area contributed by atoms with Crippen LogP contribution in [-0.4, -0.2) is 66.8 Å². The fourth-order valence-electron chi connectivity index (χ4n) is 2.78. The summed E-state index contributed by atoms with van der Waals surface area (Å²) >= 11 is 0. The smallest absolute Gasteiger partial charge is 0.0791 e. The van der Waals surface area contributed by atoms with E-state index in [2.05, 4.69) is 52.4 Å². The van der Waals surface area contributed by atoms with Crippen molar-refractivity contribution in [1.82, 2.24) is 15.1 Å². The normalized spacial score (nSPS) is 18.8. The van der Waals surface area contributed by atoms with E-state index in [1.165, 1.54) is 5.56 Å². The molecule has 118 valence electrons. The highest BCUT2D eigenvalue weighted by molar-refractivity contribution is 5.14. The van der Waals surface area contributed by atoms with Gasteiger partial charge in [-0.05, 0) is 18.5 Å². The molecule has 0 radical (unpaired) electrons. The predicted octanol–water partition coefficient (Wildman–Crippen LogP) is 1.16. The van der Waals surface area contributed by atoms with Crippen molar-refractivity contribution in [3.63, 3.8) is 0 Å². The van der Waals surface area contributed by atoms with Gasteiger partial charge in [0.05, 0.1) is 6.10 Å². The van der Waals surface area contributed by atoms with Crippen molar-refractivity contribution in [1.29, 1.82) is 0 Å². The minimum atomic E-state index is -0.253. The third kappa shape index (κ3) is 6.14. The average molecular weight is 291 g/mol. The summed E-state index contributed by atoms with van der Waals surface area (Å²) in [4.78, 5) is 4.87. The Hall–Kier alpha value is -0.940. The molecular formula is C17H29N3O. The second-order valence-electron chi connectivity index (χ2n) is 5.92. The number of nitrogens with zero attached hydrogens (tertiary/aromatic N) is 2. The topological polar surface area (TPSA) is 38.7 Å². The molecule has 1 saturated heterocycles. The van der Waals surface area contributed by atoms with Gasteiger partial charge in [-0.3, -0.25) is 9.80 Å². The molecule has 0 aromatic heterocycles. The SMILES string of the molecule is CCCNCC(O)CN1CCN(Cc2ccccc2)CC1. The molecule has 2 N–H and O–H groups in total. The Bertz CT molecular complexity index is 377. The first kappa shape index (κ1) is 16.4. The summed E-state index contributed by atoms with van der Waals surface area (Å²) in [6.45, 7) is 9.94. The fourth-order valence-corrected chi connectivity index (χ4v) is 2.78. The van der Waals surface area contributed by atoms with Crippen LogP contribution < -0.4 is 5.32 Å². The van der Waals surface area contributed by atoms with Crippen LogP contribution in [0.2, 0.25) is 0 Å². The first-order valence-corrected chi connectivity index (χ1v) is 8.15. The molecule has 4 heteroatoms. The van der Waals surface area contributed by atoms with Gasteiger partial charge in [0, 0.05) is 45.8 Å². The Balaban J connectivity index is 1.64. The molecule has 1 aromatic carbocycles. The van der Waals surface area contributed by atoms with Crippen LogP contribution in [0.25, 0.3) is 0 Å². The van der Waals surface area contributed by atoms with Gasteiger partial charge in [-0.25, -0.2) is 0 Å². The molecule has 1 atom stereocenters. The Labute approximate surface area is 128 Å². The fraction of sp³-hybridized carbons (Fsp3) is 0.647. The van der Waals surface area contributed by atoms with E-state index in [-0.39, 0.29) is 6.10 Å². The quantitative estimate of drug-likeness (QED) is 0.705. The van der Waals surface area contributed by atoms with Crippen LogP contribution in [0.5, 0.6) is 0 Å². The lowest BCUT2D eigenvalue weighted by Gasteiger charge is -2.35. The zero-order chi connectivity index (χ0) is 14.9. The molecule has 1 aliphatic rings. The summed E-state index contributed by atoms with van der Waals surface area (Å²) in [5.41, 5.74) is 1.38. The number of rotatable bonds is 8. The number of benzene rings is 1. The first-order chi connectivity index (χ1) is 10.3. The number of piperazine rings is 1. The molecular weight excluding hydrogens is 262 g/mol. The summed E-state index contributed by atoms with van der Waals surface area (Å²) in [5, 5.41) is 13.3. The van der Waals surface area contributed by atoms with Crippen molar-refractivity contribution >= 4 is 0 Å². The van der Waals surface area contributed by atoms with Gasteiger partial charge >= 0.3 is 0 Å².